The number of nitrogens with one attached hydrogen (secondary N) is 2. The van der Waals surface area contributed by atoms with Gasteiger partial charge in [-0.05, 0) is 25.5 Å². The maximum Gasteiger partial charge on any atom is 0.343 e. The molecule has 34 heavy (non-hydrogen) atoms. The number of methoxy groups -OCH3 is 2. The summed E-state index contributed by atoms with van der Waals surface area (Å²) in [6.45, 7) is 3.24. The van der Waals surface area contributed by atoms with Gasteiger partial charge >= 0.3 is 5.97 Å². The van der Waals surface area contributed by atoms with Crippen LogP contribution in [0.4, 0.5) is 11.5 Å². The van der Waals surface area contributed by atoms with E-state index in [4.69, 9.17) is 14.2 Å². The van der Waals surface area contributed by atoms with Gasteiger partial charge in [-0.3, -0.25) is 14.3 Å². The first kappa shape index (κ1) is 26.6. The highest BCUT2D eigenvalue weighted by atomic mass is 32.2. The Bertz CT molecular complexity index is 1160. The number of benzene rings is 1. The van der Waals surface area contributed by atoms with Crippen LogP contribution in [0.25, 0.3) is 0 Å². The number of sulfone groups is 1. The topological polar surface area (TPSA) is 155 Å². The molecule has 0 aliphatic heterocycles. The van der Waals surface area contributed by atoms with E-state index >= 15 is 0 Å². The highest BCUT2D eigenvalue weighted by Crippen LogP contribution is 2.29. The van der Waals surface area contributed by atoms with Crippen molar-refractivity contribution >= 4 is 39.1 Å². The number of esters is 1. The largest absolute Gasteiger partial charge is 0.493 e. The Morgan fingerprint density at radius 3 is 2.35 bits per heavy atom. The molecule has 0 aliphatic rings. The fraction of sp³-hybridized carbons (Fsp3) is 0.429. The summed E-state index contributed by atoms with van der Waals surface area (Å²) >= 11 is 0. The summed E-state index contributed by atoms with van der Waals surface area (Å²) in [5, 5.41) is 7.28. The number of amides is 2. The van der Waals surface area contributed by atoms with Gasteiger partial charge in [-0.15, -0.1) is 0 Å². The van der Waals surface area contributed by atoms with Crippen LogP contribution in [-0.4, -0.2) is 67.8 Å². The molecule has 0 bridgehead atoms. The van der Waals surface area contributed by atoms with Gasteiger partial charge in [0.05, 0.1) is 27.0 Å². The zero-order valence-corrected chi connectivity index (χ0v) is 20.4. The molecule has 2 amide bonds. The summed E-state index contributed by atoms with van der Waals surface area (Å²) in [7, 11) is 0.155. The van der Waals surface area contributed by atoms with Gasteiger partial charge in [0.25, 0.3) is 0 Å². The molecule has 1 aromatic carbocycles. The second-order valence-electron chi connectivity index (χ2n) is 7.06. The zero-order chi connectivity index (χ0) is 25.5. The van der Waals surface area contributed by atoms with E-state index in [1.54, 1.807) is 13.0 Å². The van der Waals surface area contributed by atoms with Crippen molar-refractivity contribution in [3.8, 4) is 11.5 Å². The van der Waals surface area contributed by atoms with E-state index < -0.39 is 38.6 Å². The number of anilines is 2. The Balaban J connectivity index is 2.15. The van der Waals surface area contributed by atoms with E-state index in [-0.39, 0.29) is 24.4 Å². The molecule has 186 valence electrons. The molecule has 0 saturated carbocycles. The second kappa shape index (κ2) is 11.5. The number of aryl methyl sites for hydroxylation is 1. The Kier molecular flexibility index (Phi) is 9.01. The van der Waals surface area contributed by atoms with Crippen molar-refractivity contribution in [2.24, 2.45) is 7.05 Å². The minimum atomic E-state index is -4.20. The van der Waals surface area contributed by atoms with Gasteiger partial charge in [-0.2, -0.15) is 5.10 Å². The molecule has 2 rings (SSSR count). The third kappa shape index (κ3) is 6.25. The Hall–Kier alpha value is -3.61. The molecule has 0 aliphatic carbocycles. The Morgan fingerprint density at radius 1 is 1.09 bits per heavy atom. The number of carbonyl (C=O) groups excluding carboxylic acids is 3. The van der Waals surface area contributed by atoms with Gasteiger partial charge in [0.2, 0.25) is 11.8 Å². The predicted octanol–water partition coefficient (Wildman–Crippen LogP) is 1.38. The first-order valence-electron chi connectivity index (χ1n) is 10.3. The summed E-state index contributed by atoms with van der Waals surface area (Å²) in [5.74, 6) is -2.58. The number of ether oxygens (including phenoxy) is 3. The minimum Gasteiger partial charge on any atom is -0.493 e. The predicted molar refractivity (Wildman–Crippen MR) is 124 cm³/mol. The smallest absolute Gasteiger partial charge is 0.343 e. The highest BCUT2D eigenvalue weighted by Gasteiger charge is 2.34. The first-order valence-corrected chi connectivity index (χ1v) is 12.0. The van der Waals surface area contributed by atoms with Gasteiger partial charge in [0.1, 0.15) is 22.4 Å². The lowest BCUT2D eigenvalue weighted by Crippen LogP contribution is -2.39. The van der Waals surface area contributed by atoms with Crippen LogP contribution in [0.1, 0.15) is 30.6 Å². The van der Waals surface area contributed by atoms with Crippen molar-refractivity contribution in [3.05, 3.63) is 30.0 Å². The normalized spacial score (nSPS) is 11.9. The zero-order valence-electron chi connectivity index (χ0n) is 19.6. The van der Waals surface area contributed by atoms with Crippen molar-refractivity contribution in [1.82, 2.24) is 9.78 Å². The minimum absolute atomic E-state index is 0.00752. The van der Waals surface area contributed by atoms with Gasteiger partial charge < -0.3 is 24.8 Å². The van der Waals surface area contributed by atoms with E-state index in [1.807, 2.05) is 0 Å². The average molecular weight is 497 g/mol. The number of hydrogen-bond acceptors (Lipinski definition) is 9. The number of rotatable bonds is 11. The maximum absolute atomic E-state index is 12.9. The van der Waals surface area contributed by atoms with E-state index in [2.05, 4.69) is 15.7 Å². The van der Waals surface area contributed by atoms with Crippen LogP contribution in [0.3, 0.4) is 0 Å². The van der Waals surface area contributed by atoms with Gasteiger partial charge in [0, 0.05) is 18.8 Å². The lowest BCUT2D eigenvalue weighted by atomic mass is 10.2. The van der Waals surface area contributed by atoms with Crippen molar-refractivity contribution in [3.63, 3.8) is 0 Å². The molecule has 0 radical (unpaired) electrons. The van der Waals surface area contributed by atoms with Crippen LogP contribution in [0.15, 0.2) is 24.4 Å². The van der Waals surface area contributed by atoms with Crippen LogP contribution < -0.4 is 20.1 Å². The quantitative estimate of drug-likeness (QED) is 0.439. The molecule has 0 spiro atoms. The molecule has 1 aromatic heterocycles. The summed E-state index contributed by atoms with van der Waals surface area (Å²) in [4.78, 5) is 37.4. The Labute approximate surface area is 197 Å². The van der Waals surface area contributed by atoms with E-state index in [0.29, 0.717) is 17.2 Å². The molecule has 1 atom stereocenters. The summed E-state index contributed by atoms with van der Waals surface area (Å²) < 4.78 is 42.2. The fourth-order valence-electron chi connectivity index (χ4n) is 3.14. The van der Waals surface area contributed by atoms with Crippen LogP contribution >= 0.6 is 0 Å². The number of nitrogens with zero attached hydrogens (tertiary/aromatic N) is 2. The van der Waals surface area contributed by atoms with E-state index in [9.17, 15) is 22.8 Å². The summed E-state index contributed by atoms with van der Waals surface area (Å²) in [6.07, 6.45) is 1.12. The third-order valence-electron chi connectivity index (χ3n) is 4.77. The standard InChI is InChI=1S/C21H28N4O8S/c1-6-17(20(27)24-19-14(11-22-25(19)3)21(28)33-7-2)34(29,30)12-18(26)23-13-8-9-15(31-4)16(10-13)32-5/h8-11,17H,6-7,12H2,1-5H3,(H,23,26)(H,24,27). The molecule has 2 aromatic rings. The van der Waals surface area contributed by atoms with Crippen LogP contribution in [0.2, 0.25) is 0 Å². The number of hydrogen-bond donors (Lipinski definition) is 2. The molecule has 1 unspecified atom stereocenters. The third-order valence-corrected chi connectivity index (χ3v) is 6.85. The van der Waals surface area contributed by atoms with Crippen molar-refractivity contribution in [2.75, 3.05) is 37.2 Å². The molecule has 1 heterocycles. The SMILES string of the molecule is CCOC(=O)c1cnn(C)c1NC(=O)C(CC)S(=O)(=O)CC(=O)Nc1ccc(OC)c(OC)c1. The summed E-state index contributed by atoms with van der Waals surface area (Å²) in [6, 6.07) is 4.56. The van der Waals surface area contributed by atoms with Gasteiger partial charge in [-0.1, -0.05) is 6.92 Å². The molecular weight excluding hydrogens is 468 g/mol. The monoisotopic (exact) mass is 496 g/mol. The molecule has 0 saturated heterocycles. The molecular formula is C21H28N4O8S. The molecule has 13 heteroatoms. The van der Waals surface area contributed by atoms with Crippen molar-refractivity contribution in [2.45, 2.75) is 25.5 Å². The number of aromatic nitrogens is 2. The van der Waals surface area contributed by atoms with Crippen molar-refractivity contribution < 1.29 is 37.0 Å². The van der Waals surface area contributed by atoms with Gasteiger partial charge in [0.15, 0.2) is 21.3 Å². The second-order valence-corrected chi connectivity index (χ2v) is 9.25. The van der Waals surface area contributed by atoms with Crippen LogP contribution in [0.5, 0.6) is 11.5 Å². The molecule has 12 nitrogen and oxygen atoms in total. The Morgan fingerprint density at radius 2 is 1.76 bits per heavy atom. The van der Waals surface area contributed by atoms with Crippen LogP contribution in [0, 0.1) is 0 Å². The van der Waals surface area contributed by atoms with E-state index in [1.165, 1.54) is 51.2 Å². The lowest BCUT2D eigenvalue weighted by molar-refractivity contribution is -0.115. The molecule has 2 N–H and O–H groups in total. The first-order chi connectivity index (χ1) is 16.1. The van der Waals surface area contributed by atoms with Crippen LogP contribution in [-0.2, 0) is 31.2 Å². The summed E-state index contributed by atoms with van der Waals surface area (Å²) in [5.41, 5.74) is 0.278. The maximum atomic E-state index is 12.9. The molecule has 0 fully saturated rings. The fourth-order valence-corrected chi connectivity index (χ4v) is 4.67. The average Bonchev–Trinajstić information content (AvgIpc) is 3.13. The van der Waals surface area contributed by atoms with E-state index in [0.717, 1.165) is 0 Å². The number of carbonyl (C=O) groups is 3. The van der Waals surface area contributed by atoms with Crippen molar-refractivity contribution in [1.29, 1.82) is 0 Å². The highest BCUT2D eigenvalue weighted by molar-refractivity contribution is 7.93. The van der Waals surface area contributed by atoms with Gasteiger partial charge in [-0.25, -0.2) is 13.2 Å². The lowest BCUT2D eigenvalue weighted by Gasteiger charge is -2.17.